The molecule has 0 spiro atoms. The van der Waals surface area contributed by atoms with Gasteiger partial charge in [-0.25, -0.2) is 0 Å². The van der Waals surface area contributed by atoms with Gasteiger partial charge in [-0.2, -0.15) is 0 Å². The molecule has 1 aliphatic rings. The Labute approximate surface area is 123 Å². The average molecular weight is 378 g/mol. The van der Waals surface area contributed by atoms with Gasteiger partial charge in [0.1, 0.15) is 0 Å². The largest absolute Gasteiger partial charge is 0.380 e. The molecule has 1 saturated heterocycles. The van der Waals surface area contributed by atoms with Gasteiger partial charge in [0.25, 0.3) is 0 Å². The lowest BCUT2D eigenvalue weighted by atomic mass is 10.2. The van der Waals surface area contributed by atoms with Crippen molar-refractivity contribution in [1.82, 2.24) is 5.32 Å². The van der Waals surface area contributed by atoms with Gasteiger partial charge in [-0.3, -0.25) is 4.79 Å². The van der Waals surface area contributed by atoms with Crippen LogP contribution in [0.15, 0.2) is 27.1 Å². The lowest BCUT2D eigenvalue weighted by Crippen LogP contribution is -2.35. The summed E-state index contributed by atoms with van der Waals surface area (Å²) in [6.45, 7) is 0.714. The van der Waals surface area contributed by atoms with Gasteiger partial charge in [-0.1, -0.05) is 6.07 Å². The van der Waals surface area contributed by atoms with E-state index < -0.39 is 0 Å². The Morgan fingerprint density at radius 3 is 2.67 bits per heavy atom. The number of hydrogen-bond donors (Lipinski definition) is 2. The second-order valence-electron chi connectivity index (χ2n) is 4.14. The summed E-state index contributed by atoms with van der Waals surface area (Å²) in [5.74, 6) is -0.0397. The molecule has 2 N–H and O–H groups in total. The molecule has 0 aliphatic carbocycles. The second kappa shape index (κ2) is 6.14. The highest BCUT2D eigenvalue weighted by Crippen LogP contribution is 2.30. The maximum Gasteiger partial charge on any atom is 0.241 e. The number of hydrogen-bond acceptors (Lipinski definition) is 3. The minimum atomic E-state index is -0.200. The smallest absolute Gasteiger partial charge is 0.241 e. The minimum absolute atomic E-state index is 0.0397. The molecule has 4 nitrogen and oxygen atoms in total. The van der Waals surface area contributed by atoms with Crippen LogP contribution in [0.2, 0.25) is 0 Å². The Kier molecular flexibility index (Phi) is 4.77. The third-order valence-electron chi connectivity index (χ3n) is 2.95. The molecule has 0 bridgehead atoms. The zero-order chi connectivity index (χ0) is 13.1. The second-order valence-corrected chi connectivity index (χ2v) is 5.85. The van der Waals surface area contributed by atoms with E-state index in [9.17, 15) is 4.79 Å². The number of halogens is 2. The van der Waals surface area contributed by atoms with Crippen molar-refractivity contribution >= 4 is 43.5 Å². The molecule has 6 heteroatoms. The summed E-state index contributed by atoms with van der Waals surface area (Å²) in [6, 6.07) is 5.48. The summed E-state index contributed by atoms with van der Waals surface area (Å²) in [6.07, 6.45) is 0.813. The molecule has 1 heterocycles. The Hall–Kier alpha value is -0.430. The molecule has 2 unspecified atom stereocenters. The summed E-state index contributed by atoms with van der Waals surface area (Å²) >= 11 is 6.84. The molecule has 0 radical (unpaired) electrons. The van der Waals surface area contributed by atoms with E-state index in [4.69, 9.17) is 4.74 Å². The van der Waals surface area contributed by atoms with Crippen LogP contribution in [0.25, 0.3) is 0 Å². The van der Waals surface area contributed by atoms with Crippen molar-refractivity contribution in [2.24, 2.45) is 0 Å². The van der Waals surface area contributed by atoms with Crippen LogP contribution in [-0.4, -0.2) is 31.7 Å². The molecule has 1 amide bonds. The van der Waals surface area contributed by atoms with Crippen LogP contribution in [0.4, 0.5) is 5.69 Å². The van der Waals surface area contributed by atoms with Crippen LogP contribution < -0.4 is 10.6 Å². The van der Waals surface area contributed by atoms with Crippen LogP contribution in [0.5, 0.6) is 0 Å². The fraction of sp³-hybridized carbons (Fsp3) is 0.417. The number of benzene rings is 1. The number of carbonyl (C=O) groups excluding carboxylic acids is 1. The van der Waals surface area contributed by atoms with Crippen LogP contribution in [-0.2, 0) is 9.53 Å². The zero-order valence-corrected chi connectivity index (χ0v) is 13.0. The number of ether oxygens (including phenoxy) is 1. The highest BCUT2D eigenvalue weighted by Gasteiger charge is 2.29. The van der Waals surface area contributed by atoms with Gasteiger partial charge in [-0.05, 0) is 50.4 Å². The predicted molar refractivity (Wildman–Crippen MR) is 77.7 cm³/mol. The Morgan fingerprint density at radius 2 is 2.11 bits per heavy atom. The number of amides is 1. The van der Waals surface area contributed by atoms with Crippen LogP contribution in [0, 0.1) is 0 Å². The van der Waals surface area contributed by atoms with Gasteiger partial charge >= 0.3 is 0 Å². The lowest BCUT2D eigenvalue weighted by molar-refractivity contribution is -0.118. The van der Waals surface area contributed by atoms with Gasteiger partial charge in [0.2, 0.25) is 5.91 Å². The van der Waals surface area contributed by atoms with E-state index in [0.29, 0.717) is 13.0 Å². The van der Waals surface area contributed by atoms with Gasteiger partial charge in [-0.15, -0.1) is 0 Å². The fourth-order valence-corrected chi connectivity index (χ4v) is 3.11. The monoisotopic (exact) mass is 376 g/mol. The first-order valence-corrected chi connectivity index (χ1v) is 7.21. The van der Waals surface area contributed by atoms with Gasteiger partial charge in [0.05, 0.1) is 17.8 Å². The summed E-state index contributed by atoms with van der Waals surface area (Å²) in [5.41, 5.74) is 0.755. The van der Waals surface area contributed by atoms with E-state index in [1.54, 1.807) is 7.11 Å². The van der Waals surface area contributed by atoms with E-state index in [0.717, 1.165) is 14.6 Å². The lowest BCUT2D eigenvalue weighted by Gasteiger charge is -2.13. The van der Waals surface area contributed by atoms with Gasteiger partial charge in [0.15, 0.2) is 0 Å². The van der Waals surface area contributed by atoms with Crippen molar-refractivity contribution in [3.63, 3.8) is 0 Å². The number of carbonyl (C=O) groups is 1. The normalized spacial score (nSPS) is 23.1. The molecule has 0 aromatic heterocycles. The Balaban J connectivity index is 2.04. The third kappa shape index (κ3) is 3.12. The quantitative estimate of drug-likeness (QED) is 0.850. The summed E-state index contributed by atoms with van der Waals surface area (Å²) in [4.78, 5) is 12.1. The summed E-state index contributed by atoms with van der Waals surface area (Å²) in [5, 5.41) is 6.06. The first-order chi connectivity index (χ1) is 8.61. The van der Waals surface area contributed by atoms with Crippen LogP contribution in [0.3, 0.4) is 0 Å². The maximum atomic E-state index is 12.1. The Morgan fingerprint density at radius 1 is 1.44 bits per heavy atom. The van der Waals surface area contributed by atoms with Crippen molar-refractivity contribution < 1.29 is 9.53 Å². The number of nitrogens with one attached hydrogen (secondary N) is 2. The number of para-hydroxylation sites is 1. The van der Waals surface area contributed by atoms with Crippen molar-refractivity contribution in [2.45, 2.75) is 18.6 Å². The SMILES string of the molecule is COC1CNC(C(=O)Nc2c(Br)cccc2Br)C1. The predicted octanol–water partition coefficient (Wildman–Crippen LogP) is 2.53. The van der Waals surface area contributed by atoms with E-state index >= 15 is 0 Å². The molecular formula is C12H14Br2N2O2. The molecule has 2 rings (SSSR count). The molecular weight excluding hydrogens is 364 g/mol. The van der Waals surface area contributed by atoms with E-state index in [1.165, 1.54) is 0 Å². The standard InChI is InChI=1S/C12H14Br2N2O2/c1-18-7-5-10(15-6-7)12(17)16-11-8(13)3-2-4-9(11)14/h2-4,7,10,15H,5-6H2,1H3,(H,16,17). The Bertz CT molecular complexity index is 433. The van der Waals surface area contributed by atoms with Crippen molar-refractivity contribution in [3.05, 3.63) is 27.1 Å². The molecule has 1 aromatic carbocycles. The molecule has 2 atom stereocenters. The van der Waals surface area contributed by atoms with Gasteiger partial charge < -0.3 is 15.4 Å². The van der Waals surface area contributed by atoms with E-state index in [1.807, 2.05) is 18.2 Å². The van der Waals surface area contributed by atoms with Crippen molar-refractivity contribution in [1.29, 1.82) is 0 Å². The van der Waals surface area contributed by atoms with Crippen molar-refractivity contribution in [3.8, 4) is 0 Å². The number of rotatable bonds is 3. The first kappa shape index (κ1) is 14.0. The highest BCUT2D eigenvalue weighted by molar-refractivity contribution is 9.11. The summed E-state index contributed by atoms with van der Waals surface area (Å²) in [7, 11) is 1.66. The van der Waals surface area contributed by atoms with Gasteiger partial charge in [0, 0.05) is 22.6 Å². The molecule has 1 fully saturated rings. The average Bonchev–Trinajstić information content (AvgIpc) is 2.82. The maximum absolute atomic E-state index is 12.1. The molecule has 98 valence electrons. The highest BCUT2D eigenvalue weighted by atomic mass is 79.9. The number of anilines is 1. The van der Waals surface area contributed by atoms with Crippen molar-refractivity contribution in [2.75, 3.05) is 19.0 Å². The van der Waals surface area contributed by atoms with E-state index in [2.05, 4.69) is 42.5 Å². The number of methoxy groups -OCH3 is 1. The van der Waals surface area contributed by atoms with Crippen LogP contribution in [0.1, 0.15) is 6.42 Å². The van der Waals surface area contributed by atoms with Crippen LogP contribution >= 0.6 is 31.9 Å². The summed E-state index contributed by atoms with van der Waals surface area (Å²) < 4.78 is 6.93. The molecule has 1 aromatic rings. The first-order valence-electron chi connectivity index (χ1n) is 5.63. The molecule has 1 aliphatic heterocycles. The molecule has 18 heavy (non-hydrogen) atoms. The topological polar surface area (TPSA) is 50.4 Å². The third-order valence-corrected chi connectivity index (χ3v) is 4.27. The zero-order valence-electron chi connectivity index (χ0n) is 9.87. The fourth-order valence-electron chi connectivity index (χ4n) is 1.91. The molecule has 0 saturated carbocycles. The van der Waals surface area contributed by atoms with E-state index in [-0.39, 0.29) is 18.1 Å². The minimum Gasteiger partial charge on any atom is -0.380 e.